The Balaban J connectivity index is 4.45. The van der Waals surface area contributed by atoms with Gasteiger partial charge in [-0.1, -0.05) is 41.5 Å². The number of hydrogen-bond acceptors (Lipinski definition) is 2. The first kappa shape index (κ1) is 16.9. The molecule has 0 saturated carbocycles. The van der Waals surface area contributed by atoms with Crippen LogP contribution in [0.3, 0.4) is 0 Å². The second kappa shape index (κ2) is 6.21. The summed E-state index contributed by atoms with van der Waals surface area (Å²) in [6.07, 6.45) is 0.757. The molecule has 0 aromatic heterocycles. The molecule has 0 fully saturated rings. The summed E-state index contributed by atoms with van der Waals surface area (Å²) in [5.41, 5.74) is -0.179. The molecule has 0 aromatic carbocycles. The molecular formula is C14H27NO3. The smallest absolute Gasteiger partial charge is 0.304 e. The molecule has 0 spiro atoms. The van der Waals surface area contributed by atoms with Crippen molar-refractivity contribution in [1.82, 2.24) is 5.32 Å². The van der Waals surface area contributed by atoms with Gasteiger partial charge in [0.25, 0.3) is 0 Å². The summed E-state index contributed by atoms with van der Waals surface area (Å²) < 4.78 is 0. The van der Waals surface area contributed by atoms with E-state index in [1.807, 2.05) is 20.8 Å². The van der Waals surface area contributed by atoms with Gasteiger partial charge >= 0.3 is 5.97 Å². The number of rotatable bonds is 5. The number of carboxylic acids is 1. The number of carbonyl (C=O) groups is 2. The molecule has 4 nitrogen and oxygen atoms in total. The number of carbonyl (C=O) groups excluding carboxylic acids is 1. The van der Waals surface area contributed by atoms with Crippen LogP contribution in [0.2, 0.25) is 0 Å². The zero-order valence-corrected chi connectivity index (χ0v) is 12.5. The largest absolute Gasteiger partial charge is 0.481 e. The Bertz CT molecular complexity index is 297. The number of aliphatic carboxylic acids is 1. The molecule has 1 atom stereocenters. The van der Waals surface area contributed by atoms with Gasteiger partial charge in [0.15, 0.2) is 0 Å². The SMILES string of the molecule is CC(C)(C)CCNC(=O)C(CC(=O)O)C(C)(C)C. The van der Waals surface area contributed by atoms with Gasteiger partial charge < -0.3 is 10.4 Å². The van der Waals surface area contributed by atoms with E-state index in [1.165, 1.54) is 0 Å². The standard InChI is InChI=1S/C14H27NO3/c1-13(2,3)7-8-15-12(18)10(9-11(16)17)14(4,5)6/h10H,7-9H2,1-6H3,(H,15,18)(H,16,17). The van der Waals surface area contributed by atoms with Crippen LogP contribution in [0.15, 0.2) is 0 Å². The van der Waals surface area contributed by atoms with Crippen molar-refractivity contribution in [3.63, 3.8) is 0 Å². The normalized spacial score (nSPS) is 14.1. The highest BCUT2D eigenvalue weighted by Crippen LogP contribution is 2.29. The second-order valence-corrected chi connectivity index (χ2v) is 7.12. The van der Waals surface area contributed by atoms with E-state index >= 15 is 0 Å². The molecule has 0 rings (SSSR count). The third kappa shape index (κ3) is 7.30. The van der Waals surface area contributed by atoms with Crippen molar-refractivity contribution in [2.45, 2.75) is 54.4 Å². The van der Waals surface area contributed by atoms with Crippen molar-refractivity contribution in [2.75, 3.05) is 6.54 Å². The van der Waals surface area contributed by atoms with Crippen LogP contribution in [0.1, 0.15) is 54.4 Å². The topological polar surface area (TPSA) is 66.4 Å². The van der Waals surface area contributed by atoms with Crippen molar-refractivity contribution >= 4 is 11.9 Å². The maximum absolute atomic E-state index is 12.0. The van der Waals surface area contributed by atoms with Crippen LogP contribution in [0.4, 0.5) is 0 Å². The van der Waals surface area contributed by atoms with Gasteiger partial charge in [0.1, 0.15) is 0 Å². The molecule has 4 heteroatoms. The summed E-state index contributed by atoms with van der Waals surface area (Å²) in [4.78, 5) is 22.9. The van der Waals surface area contributed by atoms with Gasteiger partial charge in [0.2, 0.25) is 5.91 Å². The van der Waals surface area contributed by atoms with Crippen molar-refractivity contribution in [2.24, 2.45) is 16.7 Å². The summed E-state index contributed by atoms with van der Waals surface area (Å²) in [6.45, 7) is 12.6. The minimum absolute atomic E-state index is 0.120. The van der Waals surface area contributed by atoms with Crippen LogP contribution in [0.5, 0.6) is 0 Å². The van der Waals surface area contributed by atoms with Gasteiger partial charge in [-0.05, 0) is 17.3 Å². The van der Waals surface area contributed by atoms with Gasteiger partial charge in [-0.2, -0.15) is 0 Å². The average Bonchev–Trinajstić information content (AvgIpc) is 2.09. The third-order valence-electron chi connectivity index (χ3n) is 2.91. The molecule has 1 unspecified atom stereocenters. The molecular weight excluding hydrogens is 230 g/mol. The Morgan fingerprint density at radius 1 is 1.11 bits per heavy atom. The molecule has 0 aliphatic carbocycles. The average molecular weight is 257 g/mol. The zero-order chi connectivity index (χ0) is 14.6. The number of carboxylic acid groups (broad SMARTS) is 1. The molecule has 0 aliphatic heterocycles. The van der Waals surface area contributed by atoms with E-state index in [4.69, 9.17) is 5.11 Å². The fourth-order valence-electron chi connectivity index (χ4n) is 1.65. The van der Waals surface area contributed by atoms with Gasteiger partial charge in [0.05, 0.1) is 12.3 Å². The minimum atomic E-state index is -0.930. The van der Waals surface area contributed by atoms with Crippen molar-refractivity contribution in [3.05, 3.63) is 0 Å². The van der Waals surface area contributed by atoms with Crippen molar-refractivity contribution in [1.29, 1.82) is 0 Å². The maximum Gasteiger partial charge on any atom is 0.304 e. The molecule has 0 radical (unpaired) electrons. The summed E-state index contributed by atoms with van der Waals surface area (Å²) in [5, 5.41) is 11.7. The van der Waals surface area contributed by atoms with Crippen molar-refractivity contribution in [3.8, 4) is 0 Å². The molecule has 0 heterocycles. The van der Waals surface area contributed by atoms with E-state index in [9.17, 15) is 9.59 Å². The first-order chi connectivity index (χ1) is 7.93. The molecule has 0 saturated heterocycles. The summed E-state index contributed by atoms with van der Waals surface area (Å²) >= 11 is 0. The Kier molecular flexibility index (Phi) is 5.84. The highest BCUT2D eigenvalue weighted by Gasteiger charge is 2.33. The molecule has 1 amide bonds. The highest BCUT2D eigenvalue weighted by molar-refractivity contribution is 5.83. The van der Waals surface area contributed by atoms with E-state index in [0.29, 0.717) is 6.54 Å². The van der Waals surface area contributed by atoms with Gasteiger partial charge in [-0.15, -0.1) is 0 Å². The zero-order valence-electron chi connectivity index (χ0n) is 12.5. The molecule has 106 valence electrons. The fourth-order valence-corrected chi connectivity index (χ4v) is 1.65. The van der Waals surface area contributed by atoms with Crippen LogP contribution < -0.4 is 5.32 Å². The van der Waals surface area contributed by atoms with E-state index in [-0.39, 0.29) is 23.2 Å². The van der Waals surface area contributed by atoms with E-state index in [2.05, 4.69) is 26.1 Å². The lowest BCUT2D eigenvalue weighted by atomic mass is 9.78. The van der Waals surface area contributed by atoms with Gasteiger partial charge in [0, 0.05) is 6.54 Å². The first-order valence-corrected chi connectivity index (χ1v) is 6.43. The molecule has 2 N–H and O–H groups in total. The third-order valence-corrected chi connectivity index (χ3v) is 2.91. The minimum Gasteiger partial charge on any atom is -0.481 e. The van der Waals surface area contributed by atoms with Crippen LogP contribution >= 0.6 is 0 Å². The van der Waals surface area contributed by atoms with Crippen LogP contribution in [-0.4, -0.2) is 23.5 Å². The molecule has 18 heavy (non-hydrogen) atoms. The molecule has 0 aliphatic rings. The quantitative estimate of drug-likeness (QED) is 0.795. The Morgan fingerprint density at radius 3 is 1.94 bits per heavy atom. The van der Waals surface area contributed by atoms with Crippen molar-refractivity contribution < 1.29 is 14.7 Å². The van der Waals surface area contributed by atoms with Crippen LogP contribution in [0, 0.1) is 16.7 Å². The fraction of sp³-hybridized carbons (Fsp3) is 0.857. The summed E-state index contributed by atoms with van der Waals surface area (Å²) in [5.74, 6) is -1.58. The summed E-state index contributed by atoms with van der Waals surface area (Å²) in [6, 6.07) is 0. The Hall–Kier alpha value is -1.06. The number of nitrogens with one attached hydrogen (secondary N) is 1. The Morgan fingerprint density at radius 2 is 1.61 bits per heavy atom. The Labute approximate surface area is 110 Å². The van der Waals surface area contributed by atoms with Crippen LogP contribution in [0.25, 0.3) is 0 Å². The van der Waals surface area contributed by atoms with E-state index < -0.39 is 11.9 Å². The number of amides is 1. The predicted octanol–water partition coefficient (Wildman–Crippen LogP) is 2.68. The summed E-state index contributed by atoms with van der Waals surface area (Å²) in [7, 11) is 0. The van der Waals surface area contributed by atoms with E-state index in [1.54, 1.807) is 0 Å². The number of hydrogen-bond donors (Lipinski definition) is 2. The lowest BCUT2D eigenvalue weighted by molar-refractivity contribution is -0.143. The monoisotopic (exact) mass is 257 g/mol. The van der Waals surface area contributed by atoms with Gasteiger partial charge in [-0.3, -0.25) is 9.59 Å². The lowest BCUT2D eigenvalue weighted by Gasteiger charge is -2.29. The van der Waals surface area contributed by atoms with Gasteiger partial charge in [-0.25, -0.2) is 0 Å². The van der Waals surface area contributed by atoms with E-state index in [0.717, 1.165) is 6.42 Å². The first-order valence-electron chi connectivity index (χ1n) is 6.43. The lowest BCUT2D eigenvalue weighted by Crippen LogP contribution is -2.40. The maximum atomic E-state index is 12.0. The van der Waals surface area contributed by atoms with Crippen LogP contribution in [-0.2, 0) is 9.59 Å². The second-order valence-electron chi connectivity index (χ2n) is 7.12. The molecule has 0 aromatic rings. The molecule has 0 bridgehead atoms. The highest BCUT2D eigenvalue weighted by atomic mass is 16.4. The predicted molar refractivity (Wildman–Crippen MR) is 72.3 cm³/mol.